The molecule has 0 bridgehead atoms. The van der Waals surface area contributed by atoms with Crippen LogP contribution in [0.1, 0.15) is 24.7 Å². The summed E-state index contributed by atoms with van der Waals surface area (Å²) < 4.78 is 13.8. The Kier molecular flexibility index (Phi) is 8.07. The van der Waals surface area contributed by atoms with Crippen molar-refractivity contribution in [3.05, 3.63) is 59.4 Å². The Bertz CT molecular complexity index is 1270. The minimum atomic E-state index is -1.11. The van der Waals surface area contributed by atoms with Gasteiger partial charge >= 0.3 is 5.97 Å². The molecule has 1 heterocycles. The largest absolute Gasteiger partial charge is 0.493 e. The Morgan fingerprint density at radius 2 is 2.00 bits per heavy atom. The molecular weight excluding hydrogens is 614 g/mol. The maximum absolute atomic E-state index is 13.1. The summed E-state index contributed by atoms with van der Waals surface area (Å²) in [5, 5.41) is 13.8. The highest BCUT2D eigenvalue weighted by Crippen LogP contribution is 2.42. The van der Waals surface area contributed by atoms with Gasteiger partial charge in [0.05, 0.1) is 28.7 Å². The summed E-state index contributed by atoms with van der Waals surface area (Å²) in [4.78, 5) is 28.6. The molecule has 2 aromatic carbocycles. The molecule has 1 N–H and O–H groups in total. The molecule has 1 aromatic heterocycles. The zero-order valence-electron chi connectivity index (χ0n) is 17.1. The summed E-state index contributed by atoms with van der Waals surface area (Å²) in [6.45, 7) is 1.48. The normalized spacial score (nSPS) is 11.3. The molecule has 11 heteroatoms. The van der Waals surface area contributed by atoms with Crippen LogP contribution in [0.3, 0.4) is 0 Å². The van der Waals surface area contributed by atoms with Gasteiger partial charge < -0.3 is 14.6 Å². The first-order chi connectivity index (χ1) is 15.3. The lowest BCUT2D eigenvalue weighted by Crippen LogP contribution is -2.22. The number of fused-ring (bicyclic) bond motifs is 1. The van der Waals surface area contributed by atoms with E-state index in [0.717, 1.165) is 10.9 Å². The number of aryl methyl sites for hydroxylation is 1. The van der Waals surface area contributed by atoms with E-state index in [4.69, 9.17) is 14.6 Å². The molecule has 3 rings (SSSR count). The fourth-order valence-electron chi connectivity index (χ4n) is 2.94. The van der Waals surface area contributed by atoms with Crippen LogP contribution >= 0.6 is 47.8 Å². The number of aliphatic carboxylic acids is 1. The second-order valence-electron chi connectivity index (χ2n) is 6.61. The quantitative estimate of drug-likeness (QED) is 0.352. The number of hydrogen-bond acceptors (Lipinski definition) is 6. The van der Waals surface area contributed by atoms with Gasteiger partial charge in [-0.25, -0.2) is 9.78 Å². The summed E-state index contributed by atoms with van der Waals surface area (Å²) in [6.07, 6.45) is 2.88. The van der Waals surface area contributed by atoms with Crippen molar-refractivity contribution in [2.45, 2.75) is 19.8 Å². The average molecular weight is 632 g/mol. The summed E-state index contributed by atoms with van der Waals surface area (Å²) in [5.74, 6) is -0.0180. The molecule has 0 unspecified atom stereocenters. The Hall–Kier alpha value is -2.24. The second-order valence-corrected chi connectivity index (χ2v) is 9.11. The fourth-order valence-corrected chi connectivity index (χ4v) is 4.23. The van der Waals surface area contributed by atoms with Crippen molar-refractivity contribution < 1.29 is 19.4 Å². The predicted molar refractivity (Wildman–Crippen MR) is 132 cm³/mol. The third-order valence-electron chi connectivity index (χ3n) is 4.38. The van der Waals surface area contributed by atoms with Gasteiger partial charge in [-0.1, -0.05) is 22.9 Å². The third kappa shape index (κ3) is 5.21. The number of ether oxygens (including phenoxy) is 2. The lowest BCUT2D eigenvalue weighted by molar-refractivity contribution is -0.139. The number of carbonyl (C=O) groups is 1. The molecule has 32 heavy (non-hydrogen) atoms. The van der Waals surface area contributed by atoms with E-state index in [2.05, 4.69) is 57.9 Å². The summed E-state index contributed by atoms with van der Waals surface area (Å²) >= 11 is 10.3. The number of nitrogens with zero attached hydrogens (tertiary/aromatic N) is 3. The maximum atomic E-state index is 13.1. The van der Waals surface area contributed by atoms with E-state index >= 15 is 0 Å². The third-order valence-corrected chi connectivity index (χ3v) is 7.01. The highest BCUT2D eigenvalue weighted by molar-refractivity contribution is 9.13. The van der Waals surface area contributed by atoms with Gasteiger partial charge in [-0.15, -0.1) is 0 Å². The highest BCUT2D eigenvalue weighted by Gasteiger charge is 2.18. The van der Waals surface area contributed by atoms with Gasteiger partial charge in [0.25, 0.3) is 5.56 Å². The van der Waals surface area contributed by atoms with Gasteiger partial charge in [0.2, 0.25) is 0 Å². The standard InChI is InChI=1S/C21H18Br3N3O5/c1-3-4-16-26-14-6-5-12(22)8-13(14)21(30)27(16)25-9-11-7-15(31-2)20(19(24)18(11)23)32-10-17(28)29/h5-9H,3-4,10H2,1-2H3,(H,28,29). The van der Waals surface area contributed by atoms with Gasteiger partial charge in [-0.05, 0) is 62.5 Å². The molecule has 0 amide bonds. The lowest BCUT2D eigenvalue weighted by Gasteiger charge is -2.14. The number of carboxylic acid groups (broad SMARTS) is 1. The van der Waals surface area contributed by atoms with Crippen LogP contribution in [0.15, 0.2) is 47.6 Å². The molecule has 0 saturated carbocycles. The zero-order valence-corrected chi connectivity index (χ0v) is 21.8. The molecule has 0 fully saturated rings. The van der Waals surface area contributed by atoms with Crippen LogP contribution in [0, 0.1) is 0 Å². The van der Waals surface area contributed by atoms with E-state index in [-0.39, 0.29) is 11.3 Å². The van der Waals surface area contributed by atoms with Crippen LogP contribution in [0.2, 0.25) is 0 Å². The van der Waals surface area contributed by atoms with Gasteiger partial charge in [0.15, 0.2) is 18.1 Å². The molecule has 0 atom stereocenters. The number of aromatic nitrogens is 2. The number of rotatable bonds is 8. The molecule has 0 saturated heterocycles. The van der Waals surface area contributed by atoms with Gasteiger partial charge in [-0.3, -0.25) is 4.79 Å². The van der Waals surface area contributed by atoms with Crippen molar-refractivity contribution in [1.29, 1.82) is 0 Å². The van der Waals surface area contributed by atoms with E-state index in [1.165, 1.54) is 18.0 Å². The summed E-state index contributed by atoms with van der Waals surface area (Å²) in [6, 6.07) is 6.98. The van der Waals surface area contributed by atoms with Crippen LogP contribution in [0.5, 0.6) is 11.5 Å². The van der Waals surface area contributed by atoms with Crippen molar-refractivity contribution in [2.24, 2.45) is 5.10 Å². The van der Waals surface area contributed by atoms with Crippen LogP contribution in [-0.2, 0) is 11.2 Å². The molecule has 0 radical (unpaired) electrons. The van der Waals surface area contributed by atoms with Gasteiger partial charge in [0.1, 0.15) is 5.82 Å². The van der Waals surface area contributed by atoms with Crippen molar-refractivity contribution in [1.82, 2.24) is 9.66 Å². The van der Waals surface area contributed by atoms with Crippen molar-refractivity contribution in [2.75, 3.05) is 13.7 Å². The Labute approximate surface area is 208 Å². The minimum Gasteiger partial charge on any atom is -0.493 e. The first kappa shape index (κ1) is 24.4. The minimum absolute atomic E-state index is 0.236. The first-order valence-corrected chi connectivity index (χ1v) is 11.8. The number of benzene rings is 2. The smallest absolute Gasteiger partial charge is 0.341 e. The maximum Gasteiger partial charge on any atom is 0.341 e. The van der Waals surface area contributed by atoms with E-state index in [0.29, 0.717) is 43.4 Å². The van der Waals surface area contributed by atoms with Crippen LogP contribution in [0.25, 0.3) is 10.9 Å². The summed E-state index contributed by atoms with van der Waals surface area (Å²) in [5.41, 5.74) is 0.915. The van der Waals surface area contributed by atoms with Gasteiger partial charge in [0, 0.05) is 20.9 Å². The fraction of sp³-hybridized carbons (Fsp3) is 0.238. The Balaban J connectivity index is 2.11. The monoisotopic (exact) mass is 629 g/mol. The number of carboxylic acids is 1. The zero-order chi connectivity index (χ0) is 23.4. The Morgan fingerprint density at radius 3 is 2.66 bits per heavy atom. The number of halogens is 3. The first-order valence-electron chi connectivity index (χ1n) is 9.42. The van der Waals surface area contributed by atoms with Gasteiger partial charge in [-0.2, -0.15) is 9.78 Å². The topological polar surface area (TPSA) is 103 Å². The van der Waals surface area contributed by atoms with E-state index in [1.807, 2.05) is 13.0 Å². The molecule has 0 aliphatic rings. The molecule has 3 aromatic rings. The Morgan fingerprint density at radius 1 is 1.25 bits per heavy atom. The van der Waals surface area contributed by atoms with E-state index in [1.54, 1.807) is 18.2 Å². The van der Waals surface area contributed by atoms with Crippen molar-refractivity contribution in [3.8, 4) is 11.5 Å². The van der Waals surface area contributed by atoms with Crippen molar-refractivity contribution >= 4 is 70.9 Å². The molecular formula is C21H18Br3N3O5. The van der Waals surface area contributed by atoms with E-state index in [9.17, 15) is 9.59 Å². The lowest BCUT2D eigenvalue weighted by atomic mass is 10.2. The average Bonchev–Trinajstić information content (AvgIpc) is 2.76. The number of methoxy groups -OCH3 is 1. The molecule has 8 nitrogen and oxygen atoms in total. The summed E-state index contributed by atoms with van der Waals surface area (Å²) in [7, 11) is 1.44. The predicted octanol–water partition coefficient (Wildman–Crippen LogP) is 4.99. The number of hydrogen-bond donors (Lipinski definition) is 1. The van der Waals surface area contributed by atoms with Crippen LogP contribution in [0.4, 0.5) is 0 Å². The highest BCUT2D eigenvalue weighted by atomic mass is 79.9. The van der Waals surface area contributed by atoms with Crippen LogP contribution in [-0.4, -0.2) is 40.7 Å². The molecule has 0 aliphatic carbocycles. The second kappa shape index (κ2) is 10.6. The molecule has 0 aliphatic heterocycles. The SMILES string of the molecule is CCCc1nc2ccc(Br)cc2c(=O)n1N=Cc1cc(OC)c(OCC(=O)O)c(Br)c1Br. The molecule has 0 spiro atoms. The van der Waals surface area contributed by atoms with E-state index < -0.39 is 12.6 Å². The molecule has 168 valence electrons. The van der Waals surface area contributed by atoms with Crippen molar-refractivity contribution in [3.63, 3.8) is 0 Å². The van der Waals surface area contributed by atoms with Crippen LogP contribution < -0.4 is 15.0 Å².